The largest absolute Gasteiger partial charge is 0.381 e. The summed E-state index contributed by atoms with van der Waals surface area (Å²) >= 11 is 6.05. The number of ether oxygens (including phenoxy) is 2. The highest BCUT2D eigenvalue weighted by molar-refractivity contribution is 6.30. The summed E-state index contributed by atoms with van der Waals surface area (Å²) in [6, 6.07) is 7.93. The standard InChI is InChI=1S/C15H23ClN2O2/c1-2-20-15(6-8-19-9-7-15)14(18-17)11-12-4-3-5-13(16)10-12/h3-5,10,14,18H,2,6-9,11,17H2,1H3. The Morgan fingerprint density at radius 1 is 1.45 bits per heavy atom. The van der Waals surface area contributed by atoms with E-state index in [-0.39, 0.29) is 11.6 Å². The topological polar surface area (TPSA) is 56.5 Å². The van der Waals surface area contributed by atoms with E-state index in [4.69, 9.17) is 26.9 Å². The molecule has 1 atom stereocenters. The van der Waals surface area contributed by atoms with Gasteiger partial charge in [0, 0.05) is 37.7 Å². The minimum absolute atomic E-state index is 0.0461. The maximum atomic E-state index is 6.07. The van der Waals surface area contributed by atoms with Crippen LogP contribution in [0.25, 0.3) is 0 Å². The summed E-state index contributed by atoms with van der Waals surface area (Å²) in [5, 5.41) is 0.746. The third kappa shape index (κ3) is 3.71. The van der Waals surface area contributed by atoms with Crippen LogP contribution in [0.4, 0.5) is 0 Å². The molecule has 0 aliphatic carbocycles. The molecule has 1 aromatic carbocycles. The number of hydrazine groups is 1. The molecule has 5 heteroatoms. The third-order valence-electron chi connectivity index (χ3n) is 3.94. The zero-order valence-corrected chi connectivity index (χ0v) is 12.7. The van der Waals surface area contributed by atoms with Crippen LogP contribution in [0.3, 0.4) is 0 Å². The van der Waals surface area contributed by atoms with Crippen LogP contribution in [-0.4, -0.2) is 31.5 Å². The first-order chi connectivity index (χ1) is 9.70. The van der Waals surface area contributed by atoms with Crippen LogP contribution in [0.1, 0.15) is 25.3 Å². The fraction of sp³-hybridized carbons (Fsp3) is 0.600. The first-order valence-corrected chi connectivity index (χ1v) is 7.50. The summed E-state index contributed by atoms with van der Waals surface area (Å²) in [5.41, 5.74) is 3.84. The van der Waals surface area contributed by atoms with Gasteiger partial charge in [-0.1, -0.05) is 23.7 Å². The Morgan fingerprint density at radius 3 is 2.80 bits per heavy atom. The summed E-state index contributed by atoms with van der Waals surface area (Å²) in [6.45, 7) is 4.12. The van der Waals surface area contributed by atoms with Crippen molar-refractivity contribution in [1.29, 1.82) is 0 Å². The molecule has 2 rings (SSSR count). The fourth-order valence-electron chi connectivity index (χ4n) is 2.89. The van der Waals surface area contributed by atoms with Crippen LogP contribution in [0.5, 0.6) is 0 Å². The smallest absolute Gasteiger partial charge is 0.0895 e. The molecule has 1 saturated heterocycles. The molecule has 3 N–H and O–H groups in total. The predicted molar refractivity (Wildman–Crippen MR) is 80.7 cm³/mol. The molecule has 0 saturated carbocycles. The van der Waals surface area contributed by atoms with Crippen molar-refractivity contribution in [1.82, 2.24) is 5.43 Å². The molecule has 20 heavy (non-hydrogen) atoms. The van der Waals surface area contributed by atoms with Crippen LogP contribution < -0.4 is 11.3 Å². The normalized spacial score (nSPS) is 19.8. The van der Waals surface area contributed by atoms with E-state index in [1.165, 1.54) is 0 Å². The van der Waals surface area contributed by atoms with Crippen LogP contribution >= 0.6 is 11.6 Å². The maximum absolute atomic E-state index is 6.07. The second-order valence-corrected chi connectivity index (χ2v) is 5.60. The quantitative estimate of drug-likeness (QED) is 0.625. The average Bonchev–Trinajstić information content (AvgIpc) is 2.46. The lowest BCUT2D eigenvalue weighted by atomic mass is 9.83. The molecule has 1 aromatic rings. The van der Waals surface area contributed by atoms with E-state index < -0.39 is 0 Å². The van der Waals surface area contributed by atoms with Crippen LogP contribution in [-0.2, 0) is 15.9 Å². The molecule has 1 aliphatic heterocycles. The second-order valence-electron chi connectivity index (χ2n) is 5.16. The van der Waals surface area contributed by atoms with Crippen molar-refractivity contribution < 1.29 is 9.47 Å². The highest BCUT2D eigenvalue weighted by Crippen LogP contribution is 2.30. The third-order valence-corrected chi connectivity index (χ3v) is 4.17. The van der Waals surface area contributed by atoms with Crippen molar-refractivity contribution >= 4 is 11.6 Å². The molecule has 0 bridgehead atoms. The minimum atomic E-state index is -0.260. The summed E-state index contributed by atoms with van der Waals surface area (Å²) in [7, 11) is 0. The monoisotopic (exact) mass is 298 g/mol. The van der Waals surface area contributed by atoms with Gasteiger partial charge in [0.25, 0.3) is 0 Å². The molecule has 112 valence electrons. The molecular formula is C15H23ClN2O2. The molecule has 0 radical (unpaired) electrons. The highest BCUT2D eigenvalue weighted by Gasteiger charge is 2.40. The van der Waals surface area contributed by atoms with E-state index in [2.05, 4.69) is 11.5 Å². The Bertz CT molecular complexity index is 417. The first kappa shape index (κ1) is 15.7. The van der Waals surface area contributed by atoms with Crippen LogP contribution in [0.2, 0.25) is 5.02 Å². The van der Waals surface area contributed by atoms with Gasteiger partial charge in [0.2, 0.25) is 0 Å². The van der Waals surface area contributed by atoms with Crippen LogP contribution in [0.15, 0.2) is 24.3 Å². The van der Waals surface area contributed by atoms with Gasteiger partial charge < -0.3 is 9.47 Å². The highest BCUT2D eigenvalue weighted by atomic mass is 35.5. The number of hydrogen-bond acceptors (Lipinski definition) is 4. The van der Waals surface area contributed by atoms with E-state index in [1.54, 1.807) is 0 Å². The maximum Gasteiger partial charge on any atom is 0.0895 e. The molecule has 0 spiro atoms. The number of nitrogens with one attached hydrogen (secondary N) is 1. The zero-order chi connectivity index (χ0) is 14.4. The molecule has 1 heterocycles. The Kier molecular flexibility index (Phi) is 5.81. The van der Waals surface area contributed by atoms with Gasteiger partial charge in [-0.3, -0.25) is 11.3 Å². The number of benzene rings is 1. The molecule has 1 unspecified atom stereocenters. The number of rotatable bonds is 6. The van der Waals surface area contributed by atoms with Gasteiger partial charge >= 0.3 is 0 Å². The van der Waals surface area contributed by atoms with E-state index in [0.29, 0.717) is 19.8 Å². The van der Waals surface area contributed by atoms with Crippen LogP contribution in [0, 0.1) is 0 Å². The van der Waals surface area contributed by atoms with Crippen molar-refractivity contribution in [3.05, 3.63) is 34.9 Å². The molecule has 1 fully saturated rings. The molecule has 0 aromatic heterocycles. The SMILES string of the molecule is CCOC1(C(Cc2cccc(Cl)c2)NN)CCOCC1. The predicted octanol–water partition coefficient (Wildman–Crippen LogP) is 2.30. The summed E-state index contributed by atoms with van der Waals surface area (Å²) < 4.78 is 11.5. The lowest BCUT2D eigenvalue weighted by Crippen LogP contribution is -2.58. The van der Waals surface area contributed by atoms with E-state index >= 15 is 0 Å². The number of hydrogen-bond donors (Lipinski definition) is 2. The van der Waals surface area contributed by atoms with Gasteiger partial charge in [-0.2, -0.15) is 0 Å². The van der Waals surface area contributed by atoms with Crippen molar-refractivity contribution in [3.8, 4) is 0 Å². The van der Waals surface area contributed by atoms with Crippen molar-refractivity contribution in [2.75, 3.05) is 19.8 Å². The van der Waals surface area contributed by atoms with Crippen molar-refractivity contribution in [3.63, 3.8) is 0 Å². The lowest BCUT2D eigenvalue weighted by Gasteiger charge is -2.43. The van der Waals surface area contributed by atoms with Gasteiger partial charge in [-0.05, 0) is 31.0 Å². The zero-order valence-electron chi connectivity index (χ0n) is 11.9. The van der Waals surface area contributed by atoms with E-state index in [1.807, 2.05) is 25.1 Å². The second kappa shape index (κ2) is 7.38. The summed E-state index contributed by atoms with van der Waals surface area (Å²) in [5.74, 6) is 5.80. The van der Waals surface area contributed by atoms with Gasteiger partial charge in [0.15, 0.2) is 0 Å². The van der Waals surface area contributed by atoms with Gasteiger partial charge in [0.1, 0.15) is 0 Å². The summed E-state index contributed by atoms with van der Waals surface area (Å²) in [6.07, 6.45) is 2.50. The number of nitrogens with two attached hydrogens (primary N) is 1. The molecular weight excluding hydrogens is 276 g/mol. The lowest BCUT2D eigenvalue weighted by molar-refractivity contribution is -0.126. The Labute approximate surface area is 125 Å². The Morgan fingerprint density at radius 2 is 2.20 bits per heavy atom. The van der Waals surface area contributed by atoms with E-state index in [0.717, 1.165) is 29.8 Å². The molecule has 0 amide bonds. The number of halogens is 1. The molecule has 1 aliphatic rings. The first-order valence-electron chi connectivity index (χ1n) is 7.12. The Balaban J connectivity index is 2.15. The fourth-order valence-corrected chi connectivity index (χ4v) is 3.11. The Hall–Kier alpha value is -0.650. The van der Waals surface area contributed by atoms with Crippen molar-refractivity contribution in [2.45, 2.75) is 37.8 Å². The minimum Gasteiger partial charge on any atom is -0.381 e. The van der Waals surface area contributed by atoms with E-state index in [9.17, 15) is 0 Å². The van der Waals surface area contributed by atoms with Gasteiger partial charge in [0.05, 0.1) is 11.6 Å². The molecule has 4 nitrogen and oxygen atoms in total. The van der Waals surface area contributed by atoms with Crippen molar-refractivity contribution in [2.24, 2.45) is 5.84 Å². The van der Waals surface area contributed by atoms with Gasteiger partial charge in [-0.15, -0.1) is 0 Å². The summed E-state index contributed by atoms with van der Waals surface area (Å²) in [4.78, 5) is 0. The van der Waals surface area contributed by atoms with Gasteiger partial charge in [-0.25, -0.2) is 0 Å². The average molecular weight is 299 g/mol.